The maximum absolute atomic E-state index is 5.76. The van der Waals surface area contributed by atoms with Crippen LogP contribution in [0.4, 0.5) is 5.82 Å². The summed E-state index contributed by atoms with van der Waals surface area (Å²) in [6.07, 6.45) is 1.65. The number of anilines is 1. The lowest BCUT2D eigenvalue weighted by Gasteiger charge is -2.20. The van der Waals surface area contributed by atoms with Crippen LogP contribution in [-0.2, 0) is 4.74 Å². The Morgan fingerprint density at radius 2 is 2.33 bits per heavy atom. The lowest BCUT2D eigenvalue weighted by molar-refractivity contribution is 0.201. The molecule has 0 aliphatic rings. The number of ether oxygens (including phenoxy) is 1. The first-order valence-corrected chi connectivity index (χ1v) is 5.88. The first-order valence-electron chi connectivity index (χ1n) is 4.59. The minimum atomic E-state index is 0.296. The molecular formula is C10H14BrClN2O. The van der Waals surface area contributed by atoms with Gasteiger partial charge < -0.3 is 9.64 Å². The van der Waals surface area contributed by atoms with Crippen molar-refractivity contribution in [2.24, 2.45) is 0 Å². The Kier molecular flexibility index (Phi) is 5.36. The Morgan fingerprint density at radius 3 is 2.87 bits per heavy atom. The van der Waals surface area contributed by atoms with Gasteiger partial charge in [0.15, 0.2) is 0 Å². The molecule has 0 fully saturated rings. The van der Waals surface area contributed by atoms with Crippen LogP contribution in [0.5, 0.6) is 0 Å². The fourth-order valence-electron chi connectivity index (χ4n) is 1.22. The van der Waals surface area contributed by atoms with Gasteiger partial charge in [0.25, 0.3) is 0 Å². The zero-order valence-corrected chi connectivity index (χ0v) is 11.1. The number of rotatable bonds is 5. The van der Waals surface area contributed by atoms with Gasteiger partial charge in [0, 0.05) is 26.9 Å². The summed E-state index contributed by atoms with van der Waals surface area (Å²) < 4.78 is 5.04. The van der Waals surface area contributed by atoms with E-state index in [0.29, 0.717) is 16.5 Å². The molecule has 0 aliphatic heterocycles. The highest BCUT2D eigenvalue weighted by atomic mass is 79.9. The van der Waals surface area contributed by atoms with E-state index in [2.05, 4.69) is 25.8 Å². The molecule has 5 heteroatoms. The Bertz CT molecular complexity index is 294. The van der Waals surface area contributed by atoms with E-state index >= 15 is 0 Å². The van der Waals surface area contributed by atoms with Crippen molar-refractivity contribution in [3.63, 3.8) is 0 Å². The normalized spacial score (nSPS) is 12.5. The zero-order chi connectivity index (χ0) is 11.3. The third-order valence-corrected chi connectivity index (χ3v) is 2.70. The maximum atomic E-state index is 5.76. The molecule has 3 nitrogen and oxygen atoms in total. The Labute approximate surface area is 104 Å². The average molecular weight is 294 g/mol. The molecule has 0 saturated heterocycles. The van der Waals surface area contributed by atoms with Crippen LogP contribution in [0.25, 0.3) is 0 Å². The molecule has 0 aromatic carbocycles. The summed E-state index contributed by atoms with van der Waals surface area (Å²) in [6.45, 7) is 1.51. The third-order valence-electron chi connectivity index (χ3n) is 1.92. The van der Waals surface area contributed by atoms with Crippen LogP contribution in [-0.4, -0.2) is 37.1 Å². The Morgan fingerprint density at radius 1 is 1.60 bits per heavy atom. The Balaban J connectivity index is 2.53. The number of aromatic nitrogens is 1. The summed E-state index contributed by atoms with van der Waals surface area (Å²) in [6, 6.07) is 3.73. The van der Waals surface area contributed by atoms with Crippen LogP contribution in [0.3, 0.4) is 0 Å². The van der Waals surface area contributed by atoms with E-state index in [9.17, 15) is 0 Å². The van der Waals surface area contributed by atoms with Crippen LogP contribution in [0, 0.1) is 0 Å². The molecule has 84 valence electrons. The van der Waals surface area contributed by atoms with Gasteiger partial charge in [-0.15, -0.1) is 0 Å². The van der Waals surface area contributed by atoms with Crippen LogP contribution in [0.2, 0.25) is 5.02 Å². The summed E-state index contributed by atoms with van der Waals surface area (Å²) in [5.74, 6) is 0.903. The SMILES string of the molecule is COCC(Br)CN(C)c1ccc(Cl)cn1. The zero-order valence-electron chi connectivity index (χ0n) is 8.78. The monoisotopic (exact) mass is 292 g/mol. The van der Waals surface area contributed by atoms with Crippen molar-refractivity contribution in [3.05, 3.63) is 23.4 Å². The van der Waals surface area contributed by atoms with E-state index in [1.165, 1.54) is 0 Å². The van der Waals surface area contributed by atoms with Crippen molar-refractivity contribution in [2.45, 2.75) is 4.83 Å². The highest BCUT2D eigenvalue weighted by Crippen LogP contribution is 2.14. The van der Waals surface area contributed by atoms with Crippen LogP contribution in [0.15, 0.2) is 18.3 Å². The van der Waals surface area contributed by atoms with Crippen molar-refractivity contribution in [1.29, 1.82) is 0 Å². The van der Waals surface area contributed by atoms with E-state index < -0.39 is 0 Å². The molecule has 1 atom stereocenters. The van der Waals surface area contributed by atoms with E-state index in [0.717, 1.165) is 12.4 Å². The van der Waals surface area contributed by atoms with Gasteiger partial charge in [0.2, 0.25) is 0 Å². The molecule has 1 heterocycles. The Hall–Kier alpha value is -0.320. The van der Waals surface area contributed by atoms with Crippen LogP contribution >= 0.6 is 27.5 Å². The fraction of sp³-hybridized carbons (Fsp3) is 0.500. The first kappa shape index (κ1) is 12.7. The minimum Gasteiger partial charge on any atom is -0.383 e. The molecule has 15 heavy (non-hydrogen) atoms. The maximum Gasteiger partial charge on any atom is 0.128 e. The van der Waals surface area contributed by atoms with Gasteiger partial charge in [0.05, 0.1) is 16.5 Å². The van der Waals surface area contributed by atoms with Crippen LogP contribution < -0.4 is 4.90 Å². The second kappa shape index (κ2) is 6.30. The second-order valence-electron chi connectivity index (χ2n) is 3.27. The molecule has 1 aromatic rings. The topological polar surface area (TPSA) is 25.4 Å². The van der Waals surface area contributed by atoms with Crippen molar-refractivity contribution in [2.75, 3.05) is 32.2 Å². The lowest BCUT2D eigenvalue weighted by Crippen LogP contribution is -2.28. The van der Waals surface area contributed by atoms with Crippen molar-refractivity contribution in [3.8, 4) is 0 Å². The molecular weight excluding hydrogens is 279 g/mol. The molecule has 1 aromatic heterocycles. The quantitative estimate of drug-likeness (QED) is 0.780. The van der Waals surface area contributed by atoms with Crippen molar-refractivity contribution >= 4 is 33.3 Å². The molecule has 0 saturated carbocycles. The summed E-state index contributed by atoms with van der Waals surface area (Å²) in [5.41, 5.74) is 0. The van der Waals surface area contributed by atoms with E-state index in [1.54, 1.807) is 13.3 Å². The predicted molar refractivity (Wildman–Crippen MR) is 67.1 cm³/mol. The minimum absolute atomic E-state index is 0.296. The van der Waals surface area contributed by atoms with Gasteiger partial charge in [-0.1, -0.05) is 27.5 Å². The van der Waals surface area contributed by atoms with E-state index in [-0.39, 0.29) is 0 Å². The number of hydrogen-bond acceptors (Lipinski definition) is 3. The molecule has 0 spiro atoms. The number of alkyl halides is 1. The standard InChI is InChI=1S/C10H14BrClN2O/c1-14(6-8(11)7-15-2)10-4-3-9(12)5-13-10/h3-5,8H,6-7H2,1-2H3. The summed E-state index contributed by atoms with van der Waals surface area (Å²) in [5, 5.41) is 0.652. The van der Waals surface area contributed by atoms with Crippen molar-refractivity contribution in [1.82, 2.24) is 4.98 Å². The van der Waals surface area contributed by atoms with Crippen LogP contribution in [0.1, 0.15) is 0 Å². The summed E-state index contributed by atoms with van der Waals surface area (Å²) in [7, 11) is 3.68. The van der Waals surface area contributed by atoms with E-state index in [1.807, 2.05) is 19.2 Å². The second-order valence-corrected chi connectivity index (χ2v) is 5.00. The molecule has 0 radical (unpaired) electrons. The van der Waals surface area contributed by atoms with Gasteiger partial charge in [-0.3, -0.25) is 0 Å². The fourth-order valence-corrected chi connectivity index (χ4v) is 2.03. The number of methoxy groups -OCH3 is 1. The molecule has 1 unspecified atom stereocenters. The lowest BCUT2D eigenvalue weighted by atomic mass is 10.4. The average Bonchev–Trinajstić information content (AvgIpc) is 2.18. The van der Waals surface area contributed by atoms with Gasteiger partial charge >= 0.3 is 0 Å². The number of hydrogen-bond donors (Lipinski definition) is 0. The molecule has 0 bridgehead atoms. The predicted octanol–water partition coefficient (Wildman–Crippen LogP) is 2.58. The van der Waals surface area contributed by atoms with Gasteiger partial charge in [0.1, 0.15) is 5.82 Å². The summed E-state index contributed by atoms with van der Waals surface area (Å²) in [4.78, 5) is 6.57. The van der Waals surface area contributed by atoms with E-state index in [4.69, 9.17) is 16.3 Å². The molecule has 1 rings (SSSR count). The number of pyridine rings is 1. The molecule has 0 amide bonds. The smallest absolute Gasteiger partial charge is 0.128 e. The molecule has 0 aliphatic carbocycles. The first-order chi connectivity index (χ1) is 7.13. The number of nitrogens with zero attached hydrogens (tertiary/aromatic N) is 2. The van der Waals surface area contributed by atoms with Crippen molar-refractivity contribution < 1.29 is 4.74 Å². The highest BCUT2D eigenvalue weighted by Gasteiger charge is 2.09. The highest BCUT2D eigenvalue weighted by molar-refractivity contribution is 9.09. The summed E-state index contributed by atoms with van der Waals surface area (Å²) >= 11 is 9.29. The molecule has 0 N–H and O–H groups in total. The van der Waals surface area contributed by atoms with Gasteiger partial charge in [-0.25, -0.2) is 4.98 Å². The third kappa shape index (κ3) is 4.36. The number of halogens is 2. The van der Waals surface area contributed by atoms with Gasteiger partial charge in [-0.2, -0.15) is 0 Å². The van der Waals surface area contributed by atoms with Gasteiger partial charge in [-0.05, 0) is 12.1 Å². The largest absolute Gasteiger partial charge is 0.383 e.